The highest BCUT2D eigenvalue weighted by atomic mass is 16.5. The Labute approximate surface area is 119 Å². The summed E-state index contributed by atoms with van der Waals surface area (Å²) in [6, 6.07) is 7.38. The summed E-state index contributed by atoms with van der Waals surface area (Å²) in [5.41, 5.74) is 0. The van der Waals surface area contributed by atoms with Crippen molar-refractivity contribution in [3.8, 4) is 11.5 Å². The average Bonchev–Trinajstić information content (AvgIpc) is 3.28. The lowest BCUT2D eigenvalue weighted by Crippen LogP contribution is -2.36. The molecule has 20 heavy (non-hydrogen) atoms. The molecular weight excluding hydrogens is 256 g/mol. The molecule has 1 aromatic rings. The monoisotopic (exact) mass is 278 g/mol. The van der Waals surface area contributed by atoms with Gasteiger partial charge in [0.25, 0.3) is 0 Å². The zero-order chi connectivity index (χ0) is 14.2. The van der Waals surface area contributed by atoms with Crippen molar-refractivity contribution in [1.29, 1.82) is 0 Å². The SMILES string of the molecule is COc1ccc(OCCNC(=O)CNCC2CC2)cc1. The van der Waals surface area contributed by atoms with Crippen LogP contribution in [0.3, 0.4) is 0 Å². The first-order valence-electron chi connectivity index (χ1n) is 7.02. The fourth-order valence-electron chi connectivity index (χ4n) is 1.81. The Balaban J connectivity index is 1.52. The first-order chi connectivity index (χ1) is 9.78. The van der Waals surface area contributed by atoms with Gasteiger partial charge in [0, 0.05) is 0 Å². The molecule has 1 aliphatic carbocycles. The molecule has 0 heterocycles. The predicted octanol–water partition coefficient (Wildman–Crippen LogP) is 1.19. The van der Waals surface area contributed by atoms with Gasteiger partial charge in [0.15, 0.2) is 0 Å². The van der Waals surface area contributed by atoms with Gasteiger partial charge in [0.1, 0.15) is 18.1 Å². The van der Waals surface area contributed by atoms with E-state index in [0.717, 1.165) is 24.0 Å². The second kappa shape index (κ2) is 7.75. The van der Waals surface area contributed by atoms with Gasteiger partial charge in [-0.15, -0.1) is 0 Å². The summed E-state index contributed by atoms with van der Waals surface area (Å²) < 4.78 is 10.6. The van der Waals surface area contributed by atoms with Crippen LogP contribution in [0.4, 0.5) is 0 Å². The normalized spacial score (nSPS) is 13.8. The van der Waals surface area contributed by atoms with Gasteiger partial charge in [0.2, 0.25) is 5.91 Å². The van der Waals surface area contributed by atoms with Crippen molar-refractivity contribution in [2.75, 3.05) is 33.4 Å². The molecule has 5 heteroatoms. The van der Waals surface area contributed by atoms with E-state index in [-0.39, 0.29) is 5.91 Å². The van der Waals surface area contributed by atoms with Crippen molar-refractivity contribution in [3.63, 3.8) is 0 Å². The zero-order valence-corrected chi connectivity index (χ0v) is 11.9. The molecule has 0 radical (unpaired) electrons. The average molecular weight is 278 g/mol. The van der Waals surface area contributed by atoms with Crippen molar-refractivity contribution >= 4 is 5.91 Å². The summed E-state index contributed by atoms with van der Waals surface area (Å²) >= 11 is 0. The van der Waals surface area contributed by atoms with Crippen molar-refractivity contribution in [2.24, 2.45) is 5.92 Å². The van der Waals surface area contributed by atoms with Crippen LogP contribution >= 0.6 is 0 Å². The molecule has 110 valence electrons. The number of carbonyl (C=O) groups excluding carboxylic acids is 1. The minimum Gasteiger partial charge on any atom is -0.497 e. The molecule has 1 saturated carbocycles. The van der Waals surface area contributed by atoms with Crippen molar-refractivity contribution < 1.29 is 14.3 Å². The van der Waals surface area contributed by atoms with Crippen LogP contribution in [0.15, 0.2) is 24.3 Å². The molecule has 1 amide bonds. The van der Waals surface area contributed by atoms with Crippen molar-refractivity contribution in [3.05, 3.63) is 24.3 Å². The summed E-state index contributed by atoms with van der Waals surface area (Å²) in [5, 5.41) is 5.97. The number of carbonyl (C=O) groups is 1. The van der Waals surface area contributed by atoms with Crippen LogP contribution in [-0.4, -0.2) is 39.3 Å². The lowest BCUT2D eigenvalue weighted by atomic mass is 10.3. The predicted molar refractivity (Wildman–Crippen MR) is 77.1 cm³/mol. The van der Waals surface area contributed by atoms with Crippen LogP contribution < -0.4 is 20.1 Å². The highest BCUT2D eigenvalue weighted by Gasteiger charge is 2.20. The number of ether oxygens (including phenoxy) is 2. The first kappa shape index (κ1) is 14.7. The van der Waals surface area contributed by atoms with Crippen LogP contribution in [0.25, 0.3) is 0 Å². The van der Waals surface area contributed by atoms with E-state index in [1.165, 1.54) is 12.8 Å². The minimum absolute atomic E-state index is 0.0176. The molecule has 0 aromatic heterocycles. The van der Waals surface area contributed by atoms with Gasteiger partial charge in [0.05, 0.1) is 20.2 Å². The first-order valence-corrected chi connectivity index (χ1v) is 7.02. The number of nitrogens with one attached hydrogen (secondary N) is 2. The largest absolute Gasteiger partial charge is 0.497 e. The third-order valence-corrected chi connectivity index (χ3v) is 3.17. The maximum atomic E-state index is 11.5. The maximum absolute atomic E-state index is 11.5. The molecule has 2 rings (SSSR count). The van der Waals surface area contributed by atoms with Crippen molar-refractivity contribution in [2.45, 2.75) is 12.8 Å². The number of amides is 1. The molecule has 0 spiro atoms. The van der Waals surface area contributed by atoms with Crippen LogP contribution in [-0.2, 0) is 4.79 Å². The molecular formula is C15H22N2O3. The zero-order valence-electron chi connectivity index (χ0n) is 11.9. The molecule has 2 N–H and O–H groups in total. The van der Waals surface area contributed by atoms with Crippen LogP contribution in [0.1, 0.15) is 12.8 Å². The number of methoxy groups -OCH3 is 1. The second-order valence-corrected chi connectivity index (χ2v) is 4.95. The number of hydrogen-bond donors (Lipinski definition) is 2. The van der Waals surface area contributed by atoms with E-state index >= 15 is 0 Å². The Morgan fingerprint density at radius 2 is 1.95 bits per heavy atom. The van der Waals surface area contributed by atoms with Crippen LogP contribution in [0.2, 0.25) is 0 Å². The van der Waals surface area contributed by atoms with E-state index in [4.69, 9.17) is 9.47 Å². The number of rotatable bonds is 9. The molecule has 0 bridgehead atoms. The van der Waals surface area contributed by atoms with Gasteiger partial charge in [-0.1, -0.05) is 0 Å². The highest BCUT2D eigenvalue weighted by molar-refractivity contribution is 5.77. The van der Waals surface area contributed by atoms with Gasteiger partial charge in [-0.05, 0) is 49.6 Å². The third kappa shape index (κ3) is 5.48. The smallest absolute Gasteiger partial charge is 0.234 e. The fraction of sp³-hybridized carbons (Fsp3) is 0.533. The maximum Gasteiger partial charge on any atom is 0.234 e. The second-order valence-electron chi connectivity index (χ2n) is 4.95. The van der Waals surface area contributed by atoms with Gasteiger partial charge in [-0.2, -0.15) is 0 Å². The summed E-state index contributed by atoms with van der Waals surface area (Å²) in [5.74, 6) is 2.38. The Hall–Kier alpha value is -1.75. The minimum atomic E-state index is 0.0176. The van der Waals surface area contributed by atoms with Gasteiger partial charge < -0.3 is 20.1 Å². The van der Waals surface area contributed by atoms with Crippen LogP contribution in [0, 0.1) is 5.92 Å². The molecule has 1 aromatic carbocycles. The molecule has 0 atom stereocenters. The van der Waals surface area contributed by atoms with E-state index < -0.39 is 0 Å². The van der Waals surface area contributed by atoms with E-state index in [1.807, 2.05) is 24.3 Å². The molecule has 0 aliphatic heterocycles. The molecule has 1 fully saturated rings. The van der Waals surface area contributed by atoms with Gasteiger partial charge in [-0.25, -0.2) is 0 Å². The third-order valence-electron chi connectivity index (χ3n) is 3.17. The van der Waals surface area contributed by atoms with Crippen molar-refractivity contribution in [1.82, 2.24) is 10.6 Å². The molecule has 5 nitrogen and oxygen atoms in total. The summed E-state index contributed by atoms with van der Waals surface area (Å²) in [7, 11) is 1.63. The quantitative estimate of drug-likeness (QED) is 0.666. The summed E-state index contributed by atoms with van der Waals surface area (Å²) in [6.45, 7) is 2.31. The number of benzene rings is 1. The summed E-state index contributed by atoms with van der Waals surface area (Å²) in [4.78, 5) is 11.5. The topological polar surface area (TPSA) is 59.6 Å². The van der Waals surface area contributed by atoms with E-state index in [2.05, 4.69) is 10.6 Å². The van der Waals surface area contributed by atoms with Gasteiger partial charge in [-0.3, -0.25) is 4.79 Å². The van der Waals surface area contributed by atoms with Gasteiger partial charge >= 0.3 is 0 Å². The Kier molecular flexibility index (Phi) is 5.68. The molecule has 0 saturated heterocycles. The number of hydrogen-bond acceptors (Lipinski definition) is 4. The lowest BCUT2D eigenvalue weighted by molar-refractivity contribution is -0.120. The van der Waals surface area contributed by atoms with E-state index in [9.17, 15) is 4.79 Å². The summed E-state index contributed by atoms with van der Waals surface area (Å²) in [6.07, 6.45) is 2.59. The Morgan fingerprint density at radius 1 is 1.25 bits per heavy atom. The molecule has 0 unspecified atom stereocenters. The molecule has 1 aliphatic rings. The lowest BCUT2D eigenvalue weighted by Gasteiger charge is -2.08. The van der Waals surface area contributed by atoms with Crippen LogP contribution in [0.5, 0.6) is 11.5 Å². The van der Waals surface area contributed by atoms with E-state index in [1.54, 1.807) is 7.11 Å². The fourth-order valence-corrected chi connectivity index (χ4v) is 1.81. The Morgan fingerprint density at radius 3 is 2.60 bits per heavy atom. The highest BCUT2D eigenvalue weighted by Crippen LogP contribution is 2.27. The standard InChI is InChI=1S/C15H22N2O3/c1-19-13-4-6-14(7-5-13)20-9-8-17-15(18)11-16-10-12-2-3-12/h4-7,12,16H,2-3,8-11H2,1H3,(H,17,18). The van der Waals surface area contributed by atoms with E-state index in [0.29, 0.717) is 19.7 Å². The Bertz CT molecular complexity index is 416.